The number of hydrogen-bond acceptors (Lipinski definition) is 4. The molecule has 0 aliphatic heterocycles. The molecular weight excluding hydrogens is 198 g/mol. The van der Waals surface area contributed by atoms with Crippen molar-refractivity contribution in [2.75, 3.05) is 13.7 Å². The summed E-state index contributed by atoms with van der Waals surface area (Å²) in [7, 11) is 1.25. The summed E-state index contributed by atoms with van der Waals surface area (Å²) in [6, 6.07) is 5.67. The minimum Gasteiger partial charge on any atom is -0.508 e. The number of ether oxygens (including phenoxy) is 1. The number of methoxy groups -OCH3 is 1. The molecule has 0 bridgehead atoms. The third-order valence-electron chi connectivity index (χ3n) is 1.96. The van der Waals surface area contributed by atoms with Gasteiger partial charge in [-0.1, -0.05) is 12.1 Å². The van der Waals surface area contributed by atoms with Crippen LogP contribution in [0, 0.1) is 0 Å². The molecule has 1 amide bonds. The lowest BCUT2D eigenvalue weighted by atomic mass is 10.1. The fourth-order valence-corrected chi connectivity index (χ4v) is 1.14. The number of carbonyl (C=O) groups excluding carboxylic acids is 1. The second-order valence-electron chi connectivity index (χ2n) is 2.96. The Bertz CT molecular complexity index is 323. The SMILES string of the molecule is COC(=O)N[C@H](CO)c1ccc(O)cc1. The van der Waals surface area contributed by atoms with Crippen LogP contribution in [0.1, 0.15) is 11.6 Å². The number of rotatable bonds is 3. The predicted octanol–water partition coefficient (Wildman–Crippen LogP) is 0.782. The highest BCUT2D eigenvalue weighted by Crippen LogP contribution is 2.16. The summed E-state index contributed by atoms with van der Waals surface area (Å²) in [5.41, 5.74) is 0.695. The summed E-state index contributed by atoms with van der Waals surface area (Å²) in [4.78, 5) is 10.9. The molecule has 0 aliphatic rings. The number of aliphatic hydroxyl groups excluding tert-OH is 1. The number of carbonyl (C=O) groups is 1. The van der Waals surface area contributed by atoms with Crippen molar-refractivity contribution in [3.05, 3.63) is 29.8 Å². The van der Waals surface area contributed by atoms with Crippen LogP contribution in [0.3, 0.4) is 0 Å². The van der Waals surface area contributed by atoms with Crippen molar-refractivity contribution >= 4 is 6.09 Å². The Balaban J connectivity index is 2.74. The zero-order valence-electron chi connectivity index (χ0n) is 8.30. The fraction of sp³-hybridized carbons (Fsp3) is 0.300. The lowest BCUT2D eigenvalue weighted by molar-refractivity contribution is 0.157. The molecule has 5 nitrogen and oxygen atoms in total. The minimum absolute atomic E-state index is 0.133. The topological polar surface area (TPSA) is 78.8 Å². The highest BCUT2D eigenvalue weighted by atomic mass is 16.5. The zero-order valence-corrected chi connectivity index (χ0v) is 8.30. The first-order chi connectivity index (χ1) is 7.17. The molecule has 82 valence electrons. The number of phenolic OH excluding ortho intramolecular Hbond substituents is 1. The molecule has 0 spiro atoms. The summed E-state index contributed by atoms with van der Waals surface area (Å²) in [5.74, 6) is 0.133. The van der Waals surface area contributed by atoms with Gasteiger partial charge in [-0.3, -0.25) is 0 Å². The number of benzene rings is 1. The number of aliphatic hydroxyl groups is 1. The van der Waals surface area contributed by atoms with Crippen molar-refractivity contribution in [1.82, 2.24) is 5.32 Å². The second-order valence-corrected chi connectivity index (χ2v) is 2.96. The molecule has 0 aromatic heterocycles. The van der Waals surface area contributed by atoms with Crippen LogP contribution >= 0.6 is 0 Å². The van der Waals surface area contributed by atoms with Gasteiger partial charge in [0, 0.05) is 0 Å². The smallest absolute Gasteiger partial charge is 0.407 e. The molecule has 0 saturated heterocycles. The Morgan fingerprint density at radius 3 is 2.53 bits per heavy atom. The summed E-state index contributed by atoms with van der Waals surface area (Å²) in [6.07, 6.45) is -0.609. The maximum atomic E-state index is 10.9. The van der Waals surface area contributed by atoms with E-state index in [2.05, 4.69) is 10.1 Å². The fourth-order valence-electron chi connectivity index (χ4n) is 1.14. The molecule has 0 saturated carbocycles. The number of aromatic hydroxyl groups is 1. The van der Waals surface area contributed by atoms with Crippen LogP contribution in [0.2, 0.25) is 0 Å². The molecule has 0 radical (unpaired) electrons. The van der Waals surface area contributed by atoms with Gasteiger partial charge in [0.25, 0.3) is 0 Å². The van der Waals surface area contributed by atoms with E-state index in [4.69, 9.17) is 10.2 Å². The van der Waals surface area contributed by atoms with Crippen LogP contribution in [-0.2, 0) is 4.74 Å². The molecule has 0 unspecified atom stereocenters. The van der Waals surface area contributed by atoms with Crippen LogP contribution < -0.4 is 5.32 Å². The molecule has 0 fully saturated rings. The van der Waals surface area contributed by atoms with E-state index in [1.807, 2.05) is 0 Å². The Morgan fingerprint density at radius 1 is 1.47 bits per heavy atom. The lowest BCUT2D eigenvalue weighted by Gasteiger charge is -2.15. The van der Waals surface area contributed by atoms with Crippen molar-refractivity contribution in [2.45, 2.75) is 6.04 Å². The van der Waals surface area contributed by atoms with Gasteiger partial charge >= 0.3 is 6.09 Å². The van der Waals surface area contributed by atoms with Gasteiger partial charge in [-0.25, -0.2) is 4.79 Å². The maximum absolute atomic E-state index is 10.9. The Hall–Kier alpha value is -1.75. The van der Waals surface area contributed by atoms with E-state index in [-0.39, 0.29) is 12.4 Å². The molecule has 3 N–H and O–H groups in total. The van der Waals surface area contributed by atoms with Crippen molar-refractivity contribution < 1.29 is 19.7 Å². The largest absolute Gasteiger partial charge is 0.508 e. The number of hydrogen-bond donors (Lipinski definition) is 3. The highest BCUT2D eigenvalue weighted by molar-refractivity contribution is 5.67. The molecule has 1 atom stereocenters. The monoisotopic (exact) mass is 211 g/mol. The molecule has 0 heterocycles. The average Bonchev–Trinajstić information content (AvgIpc) is 2.27. The van der Waals surface area contributed by atoms with Crippen LogP contribution in [0.4, 0.5) is 4.79 Å². The second kappa shape index (κ2) is 5.21. The summed E-state index contributed by atoms with van der Waals surface area (Å²) >= 11 is 0. The summed E-state index contributed by atoms with van der Waals surface area (Å²) in [6.45, 7) is -0.236. The van der Waals surface area contributed by atoms with Crippen LogP contribution in [-0.4, -0.2) is 30.0 Å². The molecule has 1 rings (SSSR count). The molecule has 15 heavy (non-hydrogen) atoms. The van der Waals surface area contributed by atoms with Gasteiger partial charge in [0.15, 0.2) is 0 Å². The van der Waals surface area contributed by atoms with Crippen LogP contribution in [0.15, 0.2) is 24.3 Å². The summed E-state index contributed by atoms with van der Waals surface area (Å²) < 4.78 is 4.42. The third kappa shape index (κ3) is 3.14. The average molecular weight is 211 g/mol. The van der Waals surface area contributed by atoms with E-state index in [1.54, 1.807) is 12.1 Å². The molecule has 5 heteroatoms. The van der Waals surface area contributed by atoms with Crippen molar-refractivity contribution in [2.24, 2.45) is 0 Å². The van der Waals surface area contributed by atoms with E-state index in [0.717, 1.165) is 0 Å². The first-order valence-corrected chi connectivity index (χ1v) is 4.41. The standard InChI is InChI=1S/C10H13NO4/c1-15-10(14)11-9(6-12)7-2-4-8(13)5-3-7/h2-5,9,12-13H,6H2,1H3,(H,11,14)/t9-/m1/s1. The normalized spacial score (nSPS) is 11.9. The van der Waals surface area contributed by atoms with Crippen LogP contribution in [0.25, 0.3) is 0 Å². The van der Waals surface area contributed by atoms with Gasteiger partial charge in [0.1, 0.15) is 5.75 Å². The Kier molecular flexibility index (Phi) is 3.93. The van der Waals surface area contributed by atoms with E-state index < -0.39 is 12.1 Å². The Morgan fingerprint density at radius 2 is 2.07 bits per heavy atom. The first kappa shape index (κ1) is 11.3. The number of phenols is 1. The Labute approximate surface area is 87.3 Å². The van der Waals surface area contributed by atoms with Crippen LogP contribution in [0.5, 0.6) is 5.75 Å². The van der Waals surface area contributed by atoms with E-state index >= 15 is 0 Å². The molecule has 1 aromatic rings. The predicted molar refractivity (Wildman–Crippen MR) is 53.5 cm³/mol. The third-order valence-corrected chi connectivity index (χ3v) is 1.96. The molecular formula is C10H13NO4. The van der Waals surface area contributed by atoms with Gasteiger partial charge < -0.3 is 20.3 Å². The van der Waals surface area contributed by atoms with Gasteiger partial charge in [-0.05, 0) is 17.7 Å². The summed E-state index contributed by atoms with van der Waals surface area (Å²) in [5, 5.41) is 20.6. The van der Waals surface area contributed by atoms with Gasteiger partial charge in [-0.15, -0.1) is 0 Å². The number of nitrogens with one attached hydrogen (secondary N) is 1. The number of amides is 1. The zero-order chi connectivity index (χ0) is 11.3. The number of alkyl carbamates (subject to hydrolysis) is 1. The molecule has 0 aliphatic carbocycles. The van der Waals surface area contributed by atoms with Gasteiger partial charge in [0.05, 0.1) is 19.8 Å². The highest BCUT2D eigenvalue weighted by Gasteiger charge is 2.13. The quantitative estimate of drug-likeness (QED) is 0.690. The van der Waals surface area contributed by atoms with Crippen molar-refractivity contribution in [3.8, 4) is 5.75 Å². The van der Waals surface area contributed by atoms with Gasteiger partial charge in [-0.2, -0.15) is 0 Å². The van der Waals surface area contributed by atoms with E-state index in [1.165, 1.54) is 19.2 Å². The minimum atomic E-state index is -0.609. The van der Waals surface area contributed by atoms with E-state index in [9.17, 15) is 4.79 Å². The molecule has 1 aromatic carbocycles. The van der Waals surface area contributed by atoms with Crippen molar-refractivity contribution in [1.29, 1.82) is 0 Å². The van der Waals surface area contributed by atoms with Crippen molar-refractivity contribution in [3.63, 3.8) is 0 Å². The lowest BCUT2D eigenvalue weighted by Crippen LogP contribution is -2.30. The maximum Gasteiger partial charge on any atom is 0.407 e. The first-order valence-electron chi connectivity index (χ1n) is 4.41. The van der Waals surface area contributed by atoms with E-state index in [0.29, 0.717) is 5.56 Å². The van der Waals surface area contributed by atoms with Gasteiger partial charge in [0.2, 0.25) is 0 Å².